The van der Waals surface area contributed by atoms with Gasteiger partial charge in [-0.05, 0) is 79.8 Å². The molecule has 0 unspecified atom stereocenters. The van der Waals surface area contributed by atoms with Crippen LogP contribution >= 0.6 is 0 Å². The lowest BCUT2D eigenvalue weighted by atomic mass is 10.2. The summed E-state index contributed by atoms with van der Waals surface area (Å²) in [6.45, 7) is 4.21. The van der Waals surface area contributed by atoms with Crippen molar-refractivity contribution in [3.63, 3.8) is 0 Å². The molecular weight excluding hydrogens is 540 g/mol. The summed E-state index contributed by atoms with van der Waals surface area (Å²) >= 11 is 0. The van der Waals surface area contributed by atoms with Crippen molar-refractivity contribution in [3.05, 3.63) is 72.8 Å². The van der Waals surface area contributed by atoms with E-state index in [1.165, 1.54) is 12.8 Å². The van der Waals surface area contributed by atoms with Gasteiger partial charge in [-0.15, -0.1) is 0 Å². The molecule has 214 valence electrons. The molecule has 0 bridgehead atoms. The Balaban J connectivity index is 1.08. The third kappa shape index (κ3) is 4.52. The number of fused-ring (bicyclic) bond motifs is 3. The first-order chi connectivity index (χ1) is 21.0. The highest BCUT2D eigenvalue weighted by atomic mass is 16.5. The Hall–Kier alpha value is -5.35. The molecule has 1 aliphatic rings. The fourth-order valence-corrected chi connectivity index (χ4v) is 5.81. The smallest absolute Gasteiger partial charge is 0.161 e. The predicted octanol–water partition coefficient (Wildman–Crippen LogP) is 5.78. The number of hydrogen-bond donors (Lipinski definition) is 4. The van der Waals surface area contributed by atoms with Gasteiger partial charge in [0.05, 0.1) is 40.2 Å². The fourth-order valence-electron chi connectivity index (χ4n) is 5.81. The van der Waals surface area contributed by atoms with Crippen molar-refractivity contribution in [2.75, 3.05) is 45.2 Å². The number of nitrogens with one attached hydrogen (secondary N) is 3. The Morgan fingerprint density at radius 2 is 1.12 bits per heavy atom. The van der Waals surface area contributed by atoms with Gasteiger partial charge in [0.2, 0.25) is 0 Å². The van der Waals surface area contributed by atoms with E-state index in [1.54, 1.807) is 12.1 Å². The molecule has 7 aromatic rings. The number of H-pyrrole nitrogens is 3. The topological polar surface area (TPSA) is 122 Å². The predicted molar refractivity (Wildman–Crippen MR) is 170 cm³/mol. The minimum Gasteiger partial charge on any atom is -0.504 e. The summed E-state index contributed by atoms with van der Waals surface area (Å²) in [5.41, 5.74) is 9.54. The second-order valence-electron chi connectivity index (χ2n) is 11.1. The van der Waals surface area contributed by atoms with Crippen LogP contribution in [0.4, 0.5) is 5.69 Å². The Bertz CT molecular complexity index is 2130. The Morgan fingerprint density at radius 3 is 1.67 bits per heavy atom. The van der Waals surface area contributed by atoms with E-state index in [2.05, 4.69) is 62.1 Å². The number of nitrogens with zero attached hydrogens (tertiary/aromatic N) is 5. The molecule has 10 nitrogen and oxygen atoms in total. The third-order valence-corrected chi connectivity index (χ3v) is 8.30. The molecule has 1 aliphatic heterocycles. The van der Waals surface area contributed by atoms with E-state index >= 15 is 0 Å². The zero-order valence-corrected chi connectivity index (χ0v) is 23.8. The average Bonchev–Trinajstić information content (AvgIpc) is 3.77. The quantitative estimate of drug-likeness (QED) is 0.207. The van der Waals surface area contributed by atoms with Crippen LogP contribution in [-0.2, 0) is 0 Å². The molecule has 1 fully saturated rings. The minimum absolute atomic E-state index is 0.0911. The van der Waals surface area contributed by atoms with E-state index in [4.69, 9.17) is 19.7 Å². The summed E-state index contributed by atoms with van der Waals surface area (Å²) in [6.07, 6.45) is 0. The van der Waals surface area contributed by atoms with Gasteiger partial charge in [0.1, 0.15) is 17.5 Å². The zero-order chi connectivity index (χ0) is 29.1. The molecule has 3 aromatic heterocycles. The Labute approximate surface area is 247 Å². The summed E-state index contributed by atoms with van der Waals surface area (Å²) in [6, 6.07) is 23.9. The van der Waals surface area contributed by atoms with Gasteiger partial charge in [0.25, 0.3) is 0 Å². The lowest BCUT2D eigenvalue weighted by Gasteiger charge is -2.34. The molecule has 0 spiro atoms. The number of anilines is 1. The van der Waals surface area contributed by atoms with Crippen LogP contribution in [0.1, 0.15) is 0 Å². The number of rotatable bonds is 5. The molecule has 4 aromatic carbocycles. The van der Waals surface area contributed by atoms with Crippen molar-refractivity contribution in [1.82, 2.24) is 34.8 Å². The lowest BCUT2D eigenvalue weighted by molar-refractivity contribution is 0.313. The maximum absolute atomic E-state index is 9.95. The number of phenols is 1. The van der Waals surface area contributed by atoms with Crippen molar-refractivity contribution in [1.29, 1.82) is 0 Å². The van der Waals surface area contributed by atoms with E-state index < -0.39 is 0 Å². The van der Waals surface area contributed by atoms with Gasteiger partial charge >= 0.3 is 0 Å². The number of ether oxygens (including phenoxy) is 1. The van der Waals surface area contributed by atoms with E-state index in [9.17, 15) is 5.11 Å². The second-order valence-corrected chi connectivity index (χ2v) is 11.1. The van der Waals surface area contributed by atoms with Crippen LogP contribution in [0.25, 0.3) is 67.3 Å². The van der Waals surface area contributed by atoms with E-state index in [1.807, 2.05) is 30.3 Å². The number of phenolic OH excluding ortho intramolecular Hbond substituents is 1. The van der Waals surface area contributed by atoms with Crippen molar-refractivity contribution in [2.45, 2.75) is 0 Å². The highest BCUT2D eigenvalue weighted by Crippen LogP contribution is 2.33. The number of likely N-dealkylation sites (N-methyl/N-ethyl adjacent to an activating group) is 1. The minimum atomic E-state index is 0.0911. The number of imidazole rings is 3. The Morgan fingerprint density at radius 1 is 0.628 bits per heavy atom. The van der Waals surface area contributed by atoms with E-state index in [0.717, 1.165) is 87.6 Å². The molecule has 0 atom stereocenters. The van der Waals surface area contributed by atoms with Gasteiger partial charge in [-0.25, -0.2) is 15.0 Å². The van der Waals surface area contributed by atoms with Gasteiger partial charge in [-0.3, -0.25) is 0 Å². The van der Waals surface area contributed by atoms with Crippen molar-refractivity contribution < 1.29 is 9.84 Å². The monoisotopic (exact) mass is 570 g/mol. The maximum atomic E-state index is 9.95. The van der Waals surface area contributed by atoms with Crippen LogP contribution in [0.3, 0.4) is 0 Å². The van der Waals surface area contributed by atoms with Crippen LogP contribution in [0, 0.1) is 0 Å². The van der Waals surface area contributed by atoms with E-state index in [-0.39, 0.29) is 5.75 Å². The van der Waals surface area contributed by atoms with Crippen molar-refractivity contribution in [3.8, 4) is 45.7 Å². The van der Waals surface area contributed by atoms with Crippen LogP contribution in [0.2, 0.25) is 0 Å². The first-order valence-electron chi connectivity index (χ1n) is 14.3. The summed E-state index contributed by atoms with van der Waals surface area (Å²) in [4.78, 5) is 29.7. The zero-order valence-electron chi connectivity index (χ0n) is 23.8. The van der Waals surface area contributed by atoms with Gasteiger partial charge in [0, 0.05) is 48.6 Å². The highest BCUT2D eigenvalue weighted by Gasteiger charge is 2.16. The number of hydrogen-bond acceptors (Lipinski definition) is 7. The molecule has 10 heteroatoms. The fraction of sp³-hybridized carbons (Fsp3) is 0.182. The maximum Gasteiger partial charge on any atom is 0.161 e. The molecule has 1 saturated heterocycles. The van der Waals surface area contributed by atoms with Gasteiger partial charge in [0.15, 0.2) is 11.5 Å². The summed E-state index contributed by atoms with van der Waals surface area (Å²) in [5, 5.41) is 9.95. The van der Waals surface area contributed by atoms with Crippen LogP contribution in [0.15, 0.2) is 72.8 Å². The van der Waals surface area contributed by atoms with E-state index in [0.29, 0.717) is 11.6 Å². The molecule has 0 radical (unpaired) electrons. The Kier molecular flexibility index (Phi) is 5.83. The molecule has 0 amide bonds. The molecule has 0 aliphatic carbocycles. The normalized spacial score (nSPS) is 14.3. The summed E-state index contributed by atoms with van der Waals surface area (Å²) in [7, 11) is 3.70. The second kappa shape index (κ2) is 9.88. The van der Waals surface area contributed by atoms with Crippen LogP contribution in [-0.4, -0.2) is 80.2 Å². The average molecular weight is 571 g/mol. The summed E-state index contributed by atoms with van der Waals surface area (Å²) in [5.74, 6) is 2.80. The molecular formula is C33H30N8O2. The molecule has 0 saturated carbocycles. The molecule has 8 rings (SSSR count). The van der Waals surface area contributed by atoms with Crippen LogP contribution in [0.5, 0.6) is 11.5 Å². The molecule has 4 heterocycles. The number of benzene rings is 4. The number of aromatic nitrogens is 6. The number of methoxy groups -OCH3 is 1. The van der Waals surface area contributed by atoms with Gasteiger partial charge in [-0.1, -0.05) is 0 Å². The number of aromatic amines is 3. The third-order valence-electron chi connectivity index (χ3n) is 8.30. The first kappa shape index (κ1) is 25.4. The van der Waals surface area contributed by atoms with Crippen LogP contribution < -0.4 is 9.64 Å². The largest absolute Gasteiger partial charge is 0.504 e. The summed E-state index contributed by atoms with van der Waals surface area (Å²) < 4.78 is 5.26. The van der Waals surface area contributed by atoms with Gasteiger partial charge < -0.3 is 34.6 Å². The van der Waals surface area contributed by atoms with Crippen molar-refractivity contribution >= 4 is 38.8 Å². The number of piperazine rings is 1. The molecule has 43 heavy (non-hydrogen) atoms. The van der Waals surface area contributed by atoms with Gasteiger partial charge in [-0.2, -0.15) is 0 Å². The van der Waals surface area contributed by atoms with Crippen molar-refractivity contribution in [2.24, 2.45) is 0 Å². The number of aromatic hydroxyl groups is 1. The first-order valence-corrected chi connectivity index (χ1v) is 14.3. The highest BCUT2D eigenvalue weighted by molar-refractivity contribution is 5.89. The molecule has 4 N–H and O–H groups in total. The lowest BCUT2D eigenvalue weighted by Crippen LogP contribution is -2.44. The SMILES string of the molecule is COc1cc(-c2nc3ccc(-c4nc5ccc(-c6nc7ccc(N8CCN(C)CC8)cc7[nH]6)cc5[nH]4)cc3[nH]2)ccc1O. The standard InChI is InChI=1S/C33H30N8O2/c1-40-11-13-41(14-12-40)22-6-9-25-28(18-22)39-32(36-25)20-4-7-23-26(16-20)37-31(34-23)19-3-8-24-27(15-19)38-33(35-24)21-5-10-29(42)30(17-21)43-2/h3-10,15-18,42H,11-14H2,1-2H3,(H,34,37)(H,35,38)(H,36,39).